The minimum absolute atomic E-state index is 0.0230. The van der Waals surface area contributed by atoms with Crippen LogP contribution in [0.4, 0.5) is 17.5 Å². The van der Waals surface area contributed by atoms with Gasteiger partial charge in [0.05, 0.1) is 24.2 Å². The van der Waals surface area contributed by atoms with Crippen molar-refractivity contribution in [3.63, 3.8) is 0 Å². The van der Waals surface area contributed by atoms with E-state index >= 15 is 0 Å². The van der Waals surface area contributed by atoms with Crippen molar-refractivity contribution in [3.8, 4) is 6.07 Å². The van der Waals surface area contributed by atoms with Crippen molar-refractivity contribution in [2.24, 2.45) is 0 Å². The van der Waals surface area contributed by atoms with E-state index in [4.69, 9.17) is 9.97 Å². The number of anilines is 3. The lowest BCUT2D eigenvalue weighted by Crippen LogP contribution is -2.58. The molecule has 5 aliphatic rings. The molecule has 10 heteroatoms. The van der Waals surface area contributed by atoms with E-state index in [9.17, 15) is 10.1 Å². The molecule has 246 valence electrons. The molecule has 1 amide bonds. The number of piperazine rings is 1. The van der Waals surface area contributed by atoms with Gasteiger partial charge in [-0.2, -0.15) is 10.2 Å². The number of fused-ring (bicyclic) bond motifs is 2. The molecule has 1 aromatic carbocycles. The Balaban J connectivity index is 0.000000314. The van der Waals surface area contributed by atoms with Crippen LogP contribution < -0.4 is 15.1 Å². The summed E-state index contributed by atoms with van der Waals surface area (Å²) in [5.41, 5.74) is 5.26. The van der Waals surface area contributed by atoms with E-state index in [1.807, 2.05) is 11.0 Å². The first-order valence-electron chi connectivity index (χ1n) is 17.4. The Labute approximate surface area is 275 Å². The summed E-state index contributed by atoms with van der Waals surface area (Å²) in [5.74, 6) is 1.89. The predicted molar refractivity (Wildman–Crippen MR) is 184 cm³/mol. The zero-order valence-corrected chi connectivity index (χ0v) is 27.8. The molecule has 4 aliphatic heterocycles. The lowest BCUT2D eigenvalue weighted by atomic mass is 9.95. The van der Waals surface area contributed by atoms with Crippen LogP contribution in [0, 0.1) is 11.3 Å². The van der Waals surface area contributed by atoms with Crippen LogP contribution in [-0.4, -0.2) is 116 Å². The Morgan fingerprint density at radius 1 is 0.978 bits per heavy atom. The molecular formula is C36H51N9O. The number of likely N-dealkylation sites (tertiary alicyclic amines) is 1. The van der Waals surface area contributed by atoms with Gasteiger partial charge in [0.15, 0.2) is 0 Å². The predicted octanol–water partition coefficient (Wildman–Crippen LogP) is 3.73. The average Bonchev–Trinajstić information content (AvgIpc) is 3.58. The summed E-state index contributed by atoms with van der Waals surface area (Å²) >= 11 is 0. The van der Waals surface area contributed by atoms with Crippen molar-refractivity contribution in [1.82, 2.24) is 24.7 Å². The number of nitrogens with zero attached hydrogens (tertiary/aromatic N) is 8. The summed E-state index contributed by atoms with van der Waals surface area (Å²) in [6, 6.07) is 11.3. The Morgan fingerprint density at radius 3 is 2.57 bits per heavy atom. The number of nitriles is 1. The lowest BCUT2D eigenvalue weighted by molar-refractivity contribution is -0.128. The van der Waals surface area contributed by atoms with Crippen molar-refractivity contribution in [2.45, 2.75) is 69.9 Å². The number of carbonyl (C=O) groups is 1. The van der Waals surface area contributed by atoms with Gasteiger partial charge in [-0.25, -0.2) is 4.98 Å². The second-order valence-electron chi connectivity index (χ2n) is 13.6. The monoisotopic (exact) mass is 625 g/mol. The minimum atomic E-state index is -0.132. The number of aromatic nitrogens is 2. The number of likely N-dealkylation sites (N-methyl/N-ethyl adjacent to an activating group) is 1. The van der Waals surface area contributed by atoms with E-state index in [0.29, 0.717) is 25.6 Å². The van der Waals surface area contributed by atoms with Crippen LogP contribution in [0.2, 0.25) is 0 Å². The summed E-state index contributed by atoms with van der Waals surface area (Å²) < 4.78 is 0. The molecular weight excluding hydrogens is 574 g/mol. The molecule has 1 aliphatic carbocycles. The second kappa shape index (κ2) is 15.3. The molecule has 0 spiro atoms. The first-order valence-corrected chi connectivity index (χ1v) is 17.4. The van der Waals surface area contributed by atoms with E-state index < -0.39 is 0 Å². The maximum absolute atomic E-state index is 13.1. The first kappa shape index (κ1) is 32.3. The number of para-hydroxylation sites is 1. The van der Waals surface area contributed by atoms with Crippen LogP contribution in [0.5, 0.6) is 0 Å². The van der Waals surface area contributed by atoms with E-state index in [0.717, 1.165) is 76.8 Å². The fourth-order valence-electron chi connectivity index (χ4n) is 7.30. The third kappa shape index (κ3) is 7.64. The maximum Gasteiger partial charge on any atom is 0.246 e. The molecule has 1 atom stereocenters. The molecule has 2 aromatic rings. The number of hydrogen-bond donors (Lipinski definition) is 1. The highest BCUT2D eigenvalue weighted by molar-refractivity contribution is 5.88. The van der Waals surface area contributed by atoms with Gasteiger partial charge in [0, 0.05) is 69.2 Å². The Hall–Kier alpha value is -3.68. The van der Waals surface area contributed by atoms with Crippen LogP contribution >= 0.6 is 0 Å². The molecule has 7 rings (SSSR count). The quantitative estimate of drug-likeness (QED) is 0.462. The van der Waals surface area contributed by atoms with Crippen molar-refractivity contribution >= 4 is 23.4 Å². The molecule has 0 unspecified atom stereocenters. The largest absolute Gasteiger partial charge is 0.385 e. The molecule has 0 bridgehead atoms. The maximum atomic E-state index is 13.1. The van der Waals surface area contributed by atoms with Gasteiger partial charge < -0.3 is 24.9 Å². The number of benzene rings is 1. The van der Waals surface area contributed by atoms with Gasteiger partial charge in [0.2, 0.25) is 11.9 Å². The smallest absolute Gasteiger partial charge is 0.246 e. The fourth-order valence-corrected chi connectivity index (χ4v) is 7.30. The lowest BCUT2D eigenvalue weighted by Gasteiger charge is -2.44. The van der Waals surface area contributed by atoms with Crippen LogP contribution in [-0.2, 0) is 24.1 Å². The Morgan fingerprint density at radius 2 is 1.78 bits per heavy atom. The van der Waals surface area contributed by atoms with Crippen LogP contribution in [0.25, 0.3) is 0 Å². The van der Waals surface area contributed by atoms with Crippen molar-refractivity contribution < 1.29 is 4.79 Å². The SMILES string of the molecule is CN(C)C1CN(c2nc3c(c(N4CCN(C(=O)/C=C/CN5CCCC5)[C@@H](CC#N)C4)n2)CCCC3)C1.c1ccc2c(c1)CCCN2. The van der Waals surface area contributed by atoms with Crippen molar-refractivity contribution in [3.05, 3.63) is 53.2 Å². The van der Waals surface area contributed by atoms with E-state index in [-0.39, 0.29) is 11.9 Å². The summed E-state index contributed by atoms with van der Waals surface area (Å²) in [5, 5.41) is 12.9. The number of nitrogens with one attached hydrogen (secondary N) is 1. The van der Waals surface area contributed by atoms with Crippen molar-refractivity contribution in [2.75, 3.05) is 88.1 Å². The highest BCUT2D eigenvalue weighted by Gasteiger charge is 2.35. The van der Waals surface area contributed by atoms with Crippen LogP contribution in [0.3, 0.4) is 0 Å². The standard InChI is InChI=1S/C27H40N8O.C9H11N/c1-31(2)22-19-34(20-22)27-29-24-9-4-3-8-23(24)26(30-27)33-16-17-35(21(18-33)11-12-28)25(36)10-7-15-32-13-5-6-14-32;1-2-6-9-8(4-1)5-3-7-10-9/h7,10,21-22H,3-6,8-9,11,13-20H2,1-2H3;1-2,4,6,10H,3,5,7H2/b10-7+;/t21-;/m0./s1. The molecule has 1 N–H and O–H groups in total. The topological polar surface area (TPSA) is 94.9 Å². The number of rotatable bonds is 7. The third-order valence-corrected chi connectivity index (χ3v) is 10.2. The van der Waals surface area contributed by atoms with Crippen LogP contribution in [0.15, 0.2) is 36.4 Å². The molecule has 0 saturated carbocycles. The normalized spacial score (nSPS) is 21.6. The second-order valence-corrected chi connectivity index (χ2v) is 13.6. The van der Waals surface area contributed by atoms with Gasteiger partial charge in [0.25, 0.3) is 0 Å². The van der Waals surface area contributed by atoms with E-state index in [2.05, 4.69) is 69.3 Å². The first-order chi connectivity index (χ1) is 22.5. The molecule has 46 heavy (non-hydrogen) atoms. The molecule has 1 aromatic heterocycles. The summed E-state index contributed by atoms with van der Waals surface area (Å²) in [6.45, 7) is 8.09. The Kier molecular flexibility index (Phi) is 10.7. The average molecular weight is 626 g/mol. The minimum Gasteiger partial charge on any atom is -0.385 e. The number of amides is 1. The number of hydrogen-bond acceptors (Lipinski definition) is 9. The third-order valence-electron chi connectivity index (χ3n) is 10.2. The molecule has 5 heterocycles. The Bertz CT molecular complexity index is 1380. The molecule has 3 fully saturated rings. The summed E-state index contributed by atoms with van der Waals surface area (Å²) in [7, 11) is 4.25. The molecule has 0 radical (unpaired) electrons. The highest BCUT2D eigenvalue weighted by atomic mass is 16.2. The zero-order valence-electron chi connectivity index (χ0n) is 27.8. The number of aryl methyl sites for hydroxylation is 2. The highest BCUT2D eigenvalue weighted by Crippen LogP contribution is 2.33. The molecule has 3 saturated heterocycles. The van der Waals surface area contributed by atoms with Gasteiger partial charge in [-0.15, -0.1) is 0 Å². The van der Waals surface area contributed by atoms with Gasteiger partial charge in [-0.3, -0.25) is 9.69 Å². The van der Waals surface area contributed by atoms with Gasteiger partial charge >= 0.3 is 0 Å². The van der Waals surface area contributed by atoms with Gasteiger partial charge in [-0.05, 0) is 90.2 Å². The van der Waals surface area contributed by atoms with E-state index in [1.165, 1.54) is 54.6 Å². The van der Waals surface area contributed by atoms with E-state index in [1.54, 1.807) is 6.08 Å². The fraction of sp³-hybridized carbons (Fsp3) is 0.611. The summed E-state index contributed by atoms with van der Waals surface area (Å²) in [4.78, 5) is 34.3. The van der Waals surface area contributed by atoms with Gasteiger partial charge in [-0.1, -0.05) is 24.3 Å². The summed E-state index contributed by atoms with van der Waals surface area (Å²) in [6.07, 6.45) is 13.4. The number of carbonyl (C=O) groups excluding carboxylic acids is 1. The van der Waals surface area contributed by atoms with Crippen LogP contribution in [0.1, 0.15) is 55.3 Å². The zero-order chi connectivity index (χ0) is 31.9. The van der Waals surface area contributed by atoms with Crippen molar-refractivity contribution in [1.29, 1.82) is 5.26 Å². The molecule has 10 nitrogen and oxygen atoms in total. The van der Waals surface area contributed by atoms with Gasteiger partial charge in [0.1, 0.15) is 5.82 Å².